The highest BCUT2D eigenvalue weighted by Crippen LogP contribution is 2.26. The zero-order valence-electron chi connectivity index (χ0n) is 25.2. The number of nitrogens with one attached hydrogen (secondary N) is 3. The third-order valence-corrected chi connectivity index (χ3v) is 6.99. The van der Waals surface area contributed by atoms with Crippen LogP contribution in [0.25, 0.3) is 0 Å². The number of ether oxygens (including phenoxy) is 2. The van der Waals surface area contributed by atoms with Gasteiger partial charge in [-0.2, -0.15) is 0 Å². The van der Waals surface area contributed by atoms with Gasteiger partial charge in [0.05, 0.1) is 12.5 Å². The number of hydrogen-bond acceptors (Lipinski definition) is 6. The van der Waals surface area contributed by atoms with Crippen molar-refractivity contribution in [3.8, 4) is 0 Å². The minimum absolute atomic E-state index is 0.0701. The predicted molar refractivity (Wildman–Crippen MR) is 158 cm³/mol. The Labute approximate surface area is 243 Å². The topological polar surface area (TPSA) is 123 Å². The normalized spacial score (nSPS) is 13.6. The lowest BCUT2D eigenvalue weighted by Crippen LogP contribution is -2.59. The molecule has 9 nitrogen and oxygen atoms in total. The molecule has 0 radical (unpaired) electrons. The molecule has 0 fully saturated rings. The standard InChI is InChI=1S/C32H45N3O6/c1-21(2)18-25(29(37)40-7)33-30(38)32(5,6)26(19-23-14-10-8-11-15-23)34-28(36)27(22(3)4)35-31(39)41-20-24-16-12-9-13-17-24/h8-17,21-22,25-27H,18-20H2,1-7H3,(H,33,38)(H,34,36)(H,35,39)/t25-,26+,27-/m0/s1. The molecule has 2 aromatic carbocycles. The van der Waals surface area contributed by atoms with Crippen molar-refractivity contribution in [3.63, 3.8) is 0 Å². The SMILES string of the molecule is COC(=O)[C@H](CC(C)C)NC(=O)C(C)(C)[C@@H](Cc1ccccc1)NC(=O)[C@@H](NC(=O)OCc1ccccc1)C(C)C. The minimum Gasteiger partial charge on any atom is -0.467 e. The maximum absolute atomic E-state index is 13.6. The molecular weight excluding hydrogens is 522 g/mol. The average Bonchev–Trinajstić information content (AvgIpc) is 2.94. The Kier molecular flexibility index (Phi) is 12.8. The molecule has 0 aliphatic heterocycles. The Hall–Kier alpha value is -3.88. The molecule has 3 amide bonds. The van der Waals surface area contributed by atoms with Crippen molar-refractivity contribution < 1.29 is 28.7 Å². The Morgan fingerprint density at radius 2 is 1.37 bits per heavy atom. The van der Waals surface area contributed by atoms with E-state index in [1.807, 2.05) is 88.4 Å². The van der Waals surface area contributed by atoms with Gasteiger partial charge in [0.15, 0.2) is 0 Å². The number of carbonyl (C=O) groups excluding carboxylic acids is 4. The molecule has 0 aromatic heterocycles. The number of hydrogen-bond donors (Lipinski definition) is 3. The van der Waals surface area contributed by atoms with Crippen molar-refractivity contribution in [3.05, 3.63) is 71.8 Å². The van der Waals surface area contributed by atoms with Crippen molar-refractivity contribution in [2.75, 3.05) is 7.11 Å². The molecule has 0 unspecified atom stereocenters. The van der Waals surface area contributed by atoms with Gasteiger partial charge in [0, 0.05) is 6.04 Å². The number of alkyl carbamates (subject to hydrolysis) is 1. The van der Waals surface area contributed by atoms with Crippen molar-refractivity contribution in [2.45, 2.75) is 79.1 Å². The molecule has 2 rings (SSSR count). The summed E-state index contributed by atoms with van der Waals surface area (Å²) in [6.45, 7) is 11.1. The average molecular weight is 568 g/mol. The number of benzene rings is 2. The smallest absolute Gasteiger partial charge is 0.408 e. The van der Waals surface area contributed by atoms with Crippen molar-refractivity contribution in [1.82, 2.24) is 16.0 Å². The fourth-order valence-electron chi connectivity index (χ4n) is 4.35. The van der Waals surface area contributed by atoms with Gasteiger partial charge in [-0.3, -0.25) is 9.59 Å². The van der Waals surface area contributed by atoms with Gasteiger partial charge >= 0.3 is 12.1 Å². The summed E-state index contributed by atoms with van der Waals surface area (Å²) < 4.78 is 10.3. The lowest BCUT2D eigenvalue weighted by atomic mass is 9.79. The van der Waals surface area contributed by atoms with Gasteiger partial charge in [0.25, 0.3) is 0 Å². The second-order valence-electron chi connectivity index (χ2n) is 11.6. The van der Waals surface area contributed by atoms with Gasteiger partial charge < -0.3 is 25.4 Å². The predicted octanol–water partition coefficient (Wildman–Crippen LogP) is 4.40. The summed E-state index contributed by atoms with van der Waals surface area (Å²) in [4.78, 5) is 52.2. The zero-order chi connectivity index (χ0) is 30.6. The number of carbonyl (C=O) groups is 4. The first-order valence-corrected chi connectivity index (χ1v) is 14.0. The zero-order valence-corrected chi connectivity index (χ0v) is 25.2. The van der Waals surface area contributed by atoms with E-state index in [1.54, 1.807) is 13.8 Å². The molecule has 0 aliphatic carbocycles. The molecule has 0 saturated carbocycles. The third kappa shape index (κ3) is 10.6. The minimum atomic E-state index is -1.13. The van der Waals surface area contributed by atoms with Crippen LogP contribution in [0.3, 0.4) is 0 Å². The first kappa shape index (κ1) is 33.3. The van der Waals surface area contributed by atoms with Gasteiger partial charge in [-0.25, -0.2) is 9.59 Å². The Bertz CT molecular complexity index is 1130. The first-order valence-electron chi connectivity index (χ1n) is 14.0. The molecular formula is C32H45N3O6. The van der Waals surface area contributed by atoms with Gasteiger partial charge in [-0.15, -0.1) is 0 Å². The van der Waals surface area contributed by atoms with E-state index in [0.29, 0.717) is 12.8 Å². The van der Waals surface area contributed by atoms with E-state index < -0.39 is 47.4 Å². The molecule has 2 aromatic rings. The molecule has 0 heterocycles. The Morgan fingerprint density at radius 1 is 0.805 bits per heavy atom. The number of esters is 1. The van der Waals surface area contributed by atoms with Crippen molar-refractivity contribution in [1.29, 1.82) is 0 Å². The lowest BCUT2D eigenvalue weighted by molar-refractivity contribution is -0.147. The molecule has 3 N–H and O–H groups in total. The summed E-state index contributed by atoms with van der Waals surface area (Å²) in [5.74, 6) is -1.48. The van der Waals surface area contributed by atoms with Crippen LogP contribution in [0, 0.1) is 17.3 Å². The quantitative estimate of drug-likeness (QED) is 0.291. The molecule has 224 valence electrons. The molecule has 3 atom stereocenters. The lowest BCUT2D eigenvalue weighted by Gasteiger charge is -2.36. The van der Waals surface area contributed by atoms with Crippen molar-refractivity contribution in [2.24, 2.45) is 17.3 Å². The maximum atomic E-state index is 13.6. The number of rotatable bonds is 14. The van der Waals surface area contributed by atoms with E-state index >= 15 is 0 Å². The summed E-state index contributed by atoms with van der Waals surface area (Å²) in [5.41, 5.74) is 0.609. The molecule has 0 spiro atoms. The first-order chi connectivity index (χ1) is 19.3. The van der Waals surface area contributed by atoms with Crippen LogP contribution in [0.1, 0.15) is 59.1 Å². The Morgan fingerprint density at radius 3 is 1.88 bits per heavy atom. The van der Waals surface area contributed by atoms with Crippen LogP contribution in [0.4, 0.5) is 4.79 Å². The summed E-state index contributed by atoms with van der Waals surface area (Å²) >= 11 is 0. The second-order valence-corrected chi connectivity index (χ2v) is 11.6. The van der Waals surface area contributed by atoms with E-state index in [-0.39, 0.29) is 18.4 Å². The number of methoxy groups -OCH3 is 1. The molecule has 0 bridgehead atoms. The van der Waals surface area contributed by atoms with Crippen LogP contribution >= 0.6 is 0 Å². The second kappa shape index (κ2) is 15.8. The fraction of sp³-hybridized carbons (Fsp3) is 0.500. The Balaban J connectivity index is 2.24. The van der Waals surface area contributed by atoms with Crippen LogP contribution in [-0.4, -0.2) is 49.1 Å². The molecule has 9 heteroatoms. The largest absolute Gasteiger partial charge is 0.467 e. The van der Waals surface area contributed by atoms with Crippen LogP contribution in [0.5, 0.6) is 0 Å². The monoisotopic (exact) mass is 567 g/mol. The van der Waals surface area contributed by atoms with E-state index in [2.05, 4.69) is 16.0 Å². The van der Waals surface area contributed by atoms with Crippen LogP contribution in [0.15, 0.2) is 60.7 Å². The van der Waals surface area contributed by atoms with Crippen LogP contribution < -0.4 is 16.0 Å². The van der Waals surface area contributed by atoms with E-state index in [1.165, 1.54) is 7.11 Å². The highest BCUT2D eigenvalue weighted by atomic mass is 16.5. The summed E-state index contributed by atoms with van der Waals surface area (Å²) in [7, 11) is 1.29. The molecule has 0 aliphatic rings. The summed E-state index contributed by atoms with van der Waals surface area (Å²) in [5, 5.41) is 8.54. The fourth-order valence-corrected chi connectivity index (χ4v) is 4.35. The van der Waals surface area contributed by atoms with Gasteiger partial charge in [0.1, 0.15) is 18.7 Å². The summed E-state index contributed by atoms with van der Waals surface area (Å²) in [6.07, 6.45) is 0.0479. The molecule has 41 heavy (non-hydrogen) atoms. The maximum Gasteiger partial charge on any atom is 0.408 e. The molecule has 0 saturated heterocycles. The van der Waals surface area contributed by atoms with Crippen molar-refractivity contribution >= 4 is 23.9 Å². The van der Waals surface area contributed by atoms with Gasteiger partial charge in [-0.1, -0.05) is 88.4 Å². The highest BCUT2D eigenvalue weighted by Gasteiger charge is 2.41. The van der Waals surface area contributed by atoms with Gasteiger partial charge in [0.2, 0.25) is 11.8 Å². The van der Waals surface area contributed by atoms with Crippen LogP contribution in [-0.2, 0) is 36.9 Å². The third-order valence-electron chi connectivity index (χ3n) is 6.99. The van der Waals surface area contributed by atoms with Crippen LogP contribution in [0.2, 0.25) is 0 Å². The van der Waals surface area contributed by atoms with E-state index in [0.717, 1.165) is 11.1 Å². The van der Waals surface area contributed by atoms with E-state index in [9.17, 15) is 19.2 Å². The summed E-state index contributed by atoms with van der Waals surface area (Å²) in [6, 6.07) is 16.4. The van der Waals surface area contributed by atoms with E-state index in [4.69, 9.17) is 9.47 Å². The highest BCUT2D eigenvalue weighted by molar-refractivity contribution is 5.90. The number of amides is 3. The van der Waals surface area contributed by atoms with Gasteiger partial charge in [-0.05, 0) is 49.7 Å².